The van der Waals surface area contributed by atoms with Gasteiger partial charge < -0.3 is 25.1 Å². The van der Waals surface area contributed by atoms with Crippen LogP contribution >= 0.6 is 0 Å². The number of ether oxygens (including phenoxy) is 2. The second kappa shape index (κ2) is 8.95. The molecule has 2 aliphatic rings. The molecule has 1 amide bonds. The molecule has 7 nitrogen and oxygen atoms in total. The SMILES string of the molecule is CN(N)/C=C(\N)c1ccc(CN2Cc3cccc(OCC4CCCO4)c3C2=O)c(F)c1. The third kappa shape index (κ3) is 4.65. The average Bonchev–Trinajstić information content (AvgIpc) is 3.36. The van der Waals surface area contributed by atoms with Gasteiger partial charge in [-0.15, -0.1) is 0 Å². The van der Waals surface area contributed by atoms with E-state index in [4.69, 9.17) is 21.1 Å². The summed E-state index contributed by atoms with van der Waals surface area (Å²) in [6.07, 6.45) is 3.57. The average molecular weight is 426 g/mol. The molecular weight excluding hydrogens is 399 g/mol. The van der Waals surface area contributed by atoms with Crippen molar-refractivity contribution in [1.82, 2.24) is 9.91 Å². The van der Waals surface area contributed by atoms with Gasteiger partial charge in [-0.2, -0.15) is 0 Å². The first-order chi connectivity index (χ1) is 14.9. The zero-order chi connectivity index (χ0) is 22.0. The first-order valence-electron chi connectivity index (χ1n) is 10.3. The fourth-order valence-corrected chi connectivity index (χ4v) is 3.95. The Labute approximate surface area is 181 Å². The number of hydrogen-bond donors (Lipinski definition) is 2. The van der Waals surface area contributed by atoms with Crippen LogP contribution in [0, 0.1) is 5.82 Å². The van der Waals surface area contributed by atoms with Crippen molar-refractivity contribution in [3.63, 3.8) is 0 Å². The van der Waals surface area contributed by atoms with Gasteiger partial charge >= 0.3 is 0 Å². The fraction of sp³-hybridized carbons (Fsp3) is 0.348. The van der Waals surface area contributed by atoms with Crippen molar-refractivity contribution >= 4 is 11.6 Å². The van der Waals surface area contributed by atoms with Crippen LogP contribution in [0.1, 0.15) is 39.9 Å². The fourth-order valence-electron chi connectivity index (χ4n) is 3.95. The topological polar surface area (TPSA) is 94.1 Å². The van der Waals surface area contributed by atoms with Crippen LogP contribution in [-0.4, -0.2) is 42.2 Å². The Morgan fingerprint density at radius 3 is 2.94 bits per heavy atom. The predicted octanol–water partition coefficient (Wildman–Crippen LogP) is 2.60. The van der Waals surface area contributed by atoms with E-state index in [0.717, 1.165) is 25.0 Å². The van der Waals surface area contributed by atoms with Crippen molar-refractivity contribution in [2.75, 3.05) is 20.3 Å². The maximum atomic E-state index is 14.7. The number of hydrogen-bond acceptors (Lipinski definition) is 6. The van der Waals surface area contributed by atoms with Gasteiger partial charge in [-0.1, -0.05) is 24.3 Å². The highest BCUT2D eigenvalue weighted by Crippen LogP contribution is 2.32. The van der Waals surface area contributed by atoms with E-state index in [9.17, 15) is 9.18 Å². The molecule has 1 fully saturated rings. The summed E-state index contributed by atoms with van der Waals surface area (Å²) in [5, 5.41) is 1.31. The number of carbonyl (C=O) groups is 1. The summed E-state index contributed by atoms with van der Waals surface area (Å²) in [4.78, 5) is 14.7. The molecule has 0 radical (unpaired) electrons. The smallest absolute Gasteiger partial charge is 0.258 e. The molecule has 1 saturated heterocycles. The summed E-state index contributed by atoms with van der Waals surface area (Å²) in [5.41, 5.74) is 8.66. The molecule has 2 aromatic carbocycles. The van der Waals surface area contributed by atoms with Crippen molar-refractivity contribution in [2.45, 2.75) is 32.0 Å². The van der Waals surface area contributed by atoms with Crippen molar-refractivity contribution < 1.29 is 18.7 Å². The molecular formula is C23H27FN4O3. The van der Waals surface area contributed by atoms with Crippen LogP contribution in [0.5, 0.6) is 5.75 Å². The molecule has 8 heteroatoms. The van der Waals surface area contributed by atoms with Gasteiger partial charge in [0.25, 0.3) is 5.91 Å². The maximum absolute atomic E-state index is 14.7. The minimum Gasteiger partial charge on any atom is -0.490 e. The highest BCUT2D eigenvalue weighted by molar-refractivity contribution is 6.01. The lowest BCUT2D eigenvalue weighted by Crippen LogP contribution is -2.24. The lowest BCUT2D eigenvalue weighted by molar-refractivity contribution is 0.0659. The maximum Gasteiger partial charge on any atom is 0.258 e. The Balaban J connectivity index is 1.47. The van der Waals surface area contributed by atoms with E-state index in [-0.39, 0.29) is 18.6 Å². The minimum absolute atomic E-state index is 0.0663. The number of amides is 1. The van der Waals surface area contributed by atoms with Crippen LogP contribution in [0.25, 0.3) is 5.70 Å². The van der Waals surface area contributed by atoms with Gasteiger partial charge in [0.2, 0.25) is 0 Å². The largest absolute Gasteiger partial charge is 0.490 e. The standard InChI is InChI=1S/C23H27FN4O3/c1-27(26)13-20(25)15-7-8-16(19(24)10-15)11-28-12-17-4-2-6-21(22(17)23(28)29)31-14-18-5-3-9-30-18/h2,4,6-8,10,13,18H,3,5,9,11-12,14,25-26H2,1H3/b20-13-. The number of carbonyl (C=O) groups excluding carboxylic acids is 1. The molecule has 164 valence electrons. The van der Waals surface area contributed by atoms with Gasteiger partial charge in [-0.3, -0.25) is 4.79 Å². The Kier molecular flexibility index (Phi) is 6.11. The molecule has 31 heavy (non-hydrogen) atoms. The monoisotopic (exact) mass is 426 g/mol. The summed E-state index contributed by atoms with van der Waals surface area (Å²) in [7, 11) is 1.63. The molecule has 4 rings (SSSR count). The summed E-state index contributed by atoms with van der Waals surface area (Å²) in [6, 6.07) is 10.3. The highest BCUT2D eigenvalue weighted by atomic mass is 19.1. The van der Waals surface area contributed by atoms with Gasteiger partial charge in [0.1, 0.15) is 18.2 Å². The zero-order valence-electron chi connectivity index (χ0n) is 17.5. The van der Waals surface area contributed by atoms with Gasteiger partial charge in [0.05, 0.1) is 17.4 Å². The van der Waals surface area contributed by atoms with Crippen molar-refractivity contribution in [2.24, 2.45) is 11.6 Å². The summed E-state index contributed by atoms with van der Waals surface area (Å²) < 4.78 is 26.2. The molecule has 0 spiro atoms. The Morgan fingerprint density at radius 1 is 1.39 bits per heavy atom. The van der Waals surface area contributed by atoms with Gasteiger partial charge in [-0.05, 0) is 30.5 Å². The molecule has 2 aliphatic heterocycles. The van der Waals surface area contributed by atoms with Gasteiger partial charge in [0, 0.05) is 44.1 Å². The number of fused-ring (bicyclic) bond motifs is 1. The lowest BCUT2D eigenvalue weighted by atomic mass is 10.1. The number of benzene rings is 2. The van der Waals surface area contributed by atoms with E-state index in [1.807, 2.05) is 12.1 Å². The number of halogens is 1. The van der Waals surface area contributed by atoms with Crippen LogP contribution in [0.15, 0.2) is 42.6 Å². The molecule has 4 N–H and O–H groups in total. The molecule has 1 unspecified atom stereocenters. The van der Waals surface area contributed by atoms with Crippen LogP contribution in [0.2, 0.25) is 0 Å². The number of hydrazine groups is 1. The van der Waals surface area contributed by atoms with E-state index >= 15 is 0 Å². The van der Waals surface area contributed by atoms with Gasteiger partial charge in [0.15, 0.2) is 0 Å². The third-order valence-corrected chi connectivity index (χ3v) is 5.51. The van der Waals surface area contributed by atoms with Crippen molar-refractivity contribution in [3.8, 4) is 5.75 Å². The predicted molar refractivity (Wildman–Crippen MR) is 115 cm³/mol. The van der Waals surface area contributed by atoms with Crippen LogP contribution in [0.4, 0.5) is 4.39 Å². The van der Waals surface area contributed by atoms with E-state index in [1.54, 1.807) is 30.1 Å². The number of nitrogens with zero attached hydrogens (tertiary/aromatic N) is 2. The molecule has 0 bridgehead atoms. The Hall–Kier alpha value is -3.10. The molecule has 1 atom stereocenters. The lowest BCUT2D eigenvalue weighted by Gasteiger charge is -2.17. The molecule has 0 saturated carbocycles. The first-order valence-corrected chi connectivity index (χ1v) is 10.3. The Morgan fingerprint density at radius 2 is 2.23 bits per heavy atom. The Bertz CT molecular complexity index is 1000. The first kappa shape index (κ1) is 21.1. The summed E-state index contributed by atoms with van der Waals surface area (Å²) in [6.45, 7) is 1.74. The summed E-state index contributed by atoms with van der Waals surface area (Å²) >= 11 is 0. The van der Waals surface area contributed by atoms with E-state index in [2.05, 4.69) is 0 Å². The van der Waals surface area contributed by atoms with Crippen molar-refractivity contribution in [3.05, 3.63) is 70.7 Å². The quantitative estimate of drug-likeness (QED) is 0.522. The normalized spacial score (nSPS) is 18.4. The number of nitrogens with two attached hydrogens (primary N) is 2. The van der Waals surface area contributed by atoms with Gasteiger partial charge in [-0.25, -0.2) is 10.2 Å². The summed E-state index contributed by atoms with van der Waals surface area (Å²) in [5.74, 6) is 5.53. The second-order valence-electron chi connectivity index (χ2n) is 7.95. The molecule has 0 aliphatic carbocycles. The molecule has 2 heterocycles. The third-order valence-electron chi connectivity index (χ3n) is 5.51. The van der Waals surface area contributed by atoms with Crippen LogP contribution in [0.3, 0.4) is 0 Å². The van der Waals surface area contributed by atoms with E-state index in [1.165, 1.54) is 17.3 Å². The second-order valence-corrected chi connectivity index (χ2v) is 7.95. The zero-order valence-corrected chi connectivity index (χ0v) is 17.5. The van der Waals surface area contributed by atoms with E-state index < -0.39 is 5.82 Å². The minimum atomic E-state index is -0.424. The van der Waals surface area contributed by atoms with Crippen LogP contribution < -0.4 is 16.3 Å². The van der Waals surface area contributed by atoms with Crippen molar-refractivity contribution in [1.29, 1.82) is 0 Å². The highest BCUT2D eigenvalue weighted by Gasteiger charge is 2.31. The molecule has 0 aromatic heterocycles. The van der Waals surface area contributed by atoms with E-state index in [0.29, 0.717) is 41.3 Å². The van der Waals surface area contributed by atoms with Crippen LogP contribution in [-0.2, 0) is 17.8 Å². The number of rotatable bonds is 7. The molecule has 2 aromatic rings.